The van der Waals surface area contributed by atoms with Crippen LogP contribution in [0.15, 0.2) is 22.5 Å². The number of carbonyl (C=O) groups is 2. The molecule has 1 aromatic carbocycles. The Morgan fingerprint density at radius 2 is 1.94 bits per heavy atom. The van der Waals surface area contributed by atoms with Crippen LogP contribution in [0.4, 0.5) is 10.5 Å². The van der Waals surface area contributed by atoms with Crippen molar-refractivity contribution >= 4 is 51.8 Å². The molecule has 174 valence electrons. The number of hydrogen-bond donors (Lipinski definition) is 2. The monoisotopic (exact) mass is 474 g/mol. The van der Waals surface area contributed by atoms with Gasteiger partial charge in [-0.15, -0.1) is 24.0 Å². The van der Waals surface area contributed by atoms with E-state index in [0.717, 1.165) is 58.5 Å². The minimum atomic E-state index is -0.0824. The van der Waals surface area contributed by atoms with E-state index < -0.39 is 0 Å². The molecule has 2 heterocycles. The second-order valence-corrected chi connectivity index (χ2v) is 11.2. The molecule has 2 aromatic rings. The van der Waals surface area contributed by atoms with Gasteiger partial charge in [0.25, 0.3) is 0 Å². The van der Waals surface area contributed by atoms with Crippen LogP contribution in [-0.2, 0) is 4.79 Å². The summed E-state index contributed by atoms with van der Waals surface area (Å²) in [5, 5.41) is 3.21. The Labute approximate surface area is 200 Å². The molecule has 1 N–H and O–H groups in total. The Balaban J connectivity index is 1.30. The molecule has 4 rings (SSSR count). The minimum absolute atomic E-state index is 0.0214. The van der Waals surface area contributed by atoms with Gasteiger partial charge in [-0.2, -0.15) is 0 Å². The number of likely N-dealkylation sites (tertiary alicyclic amines) is 1. The van der Waals surface area contributed by atoms with Crippen LogP contribution in [0.3, 0.4) is 0 Å². The Morgan fingerprint density at radius 1 is 1.22 bits per heavy atom. The number of nitrogens with zero attached hydrogens (tertiary/aromatic N) is 3. The maximum absolute atomic E-state index is 13.2. The lowest BCUT2D eigenvalue weighted by Crippen LogP contribution is -2.52. The fourth-order valence-corrected chi connectivity index (χ4v) is 6.14. The van der Waals surface area contributed by atoms with Gasteiger partial charge < -0.3 is 10.2 Å². The minimum Gasteiger partial charge on any atom is -0.343 e. The fraction of sp³-hybridized carbons (Fsp3) is 0.625. The van der Waals surface area contributed by atoms with Crippen LogP contribution in [0, 0.1) is 5.92 Å². The summed E-state index contributed by atoms with van der Waals surface area (Å²) in [6.45, 7) is 5.50. The number of nitrogens with one attached hydrogen (secondary N) is 1. The molecule has 1 aromatic heterocycles. The molecule has 2 fully saturated rings. The van der Waals surface area contributed by atoms with Crippen molar-refractivity contribution in [2.45, 2.75) is 81.6 Å². The first kappa shape index (κ1) is 23.4. The van der Waals surface area contributed by atoms with Crippen molar-refractivity contribution in [3.63, 3.8) is 0 Å². The number of hydrogen-bond acceptors (Lipinski definition) is 5. The van der Waals surface area contributed by atoms with E-state index in [0.29, 0.717) is 6.42 Å². The molecular weight excluding hydrogens is 440 g/mol. The Hall–Kier alpha value is -1.80. The molecule has 2 aliphatic rings. The van der Waals surface area contributed by atoms with Gasteiger partial charge in [-0.05, 0) is 57.2 Å². The van der Waals surface area contributed by atoms with E-state index in [-0.39, 0.29) is 24.0 Å². The number of anilines is 1. The topological polar surface area (TPSA) is 65.5 Å². The van der Waals surface area contributed by atoms with Gasteiger partial charge in [-0.25, -0.2) is 9.78 Å². The Kier molecular flexibility index (Phi) is 7.61. The quantitative estimate of drug-likeness (QED) is 0.546. The van der Waals surface area contributed by atoms with Gasteiger partial charge in [0.1, 0.15) is 4.34 Å². The van der Waals surface area contributed by atoms with E-state index in [1.54, 1.807) is 4.90 Å². The largest absolute Gasteiger partial charge is 0.343 e. The van der Waals surface area contributed by atoms with E-state index in [9.17, 15) is 9.59 Å². The number of benzene rings is 1. The molecule has 6 nitrogen and oxygen atoms in total. The number of amides is 3. The fourth-order valence-electron chi connectivity index (χ4n) is 5.00. The molecule has 0 unspecified atom stereocenters. The second kappa shape index (κ2) is 10.4. The predicted octanol–water partition coefficient (Wildman–Crippen LogP) is 5.47. The highest BCUT2D eigenvalue weighted by Crippen LogP contribution is 2.30. The molecular formula is C24H34N4O2S2. The van der Waals surface area contributed by atoms with Gasteiger partial charge >= 0.3 is 6.03 Å². The van der Waals surface area contributed by atoms with Crippen LogP contribution in [0.1, 0.15) is 65.2 Å². The van der Waals surface area contributed by atoms with Crippen molar-refractivity contribution in [2.24, 2.45) is 5.92 Å². The summed E-state index contributed by atoms with van der Waals surface area (Å²) in [7, 11) is 0. The first-order valence-electron chi connectivity index (χ1n) is 11.9. The van der Waals surface area contributed by atoms with Gasteiger partial charge in [0, 0.05) is 37.3 Å². The zero-order valence-electron chi connectivity index (χ0n) is 19.0. The number of carbonyl (C=O) groups excluding carboxylic acids is 2. The molecule has 3 amide bonds. The number of urea groups is 1. The summed E-state index contributed by atoms with van der Waals surface area (Å²) in [6, 6.07) is 5.94. The van der Waals surface area contributed by atoms with Crippen molar-refractivity contribution in [3.8, 4) is 0 Å². The lowest BCUT2D eigenvalue weighted by molar-refractivity contribution is -0.132. The van der Waals surface area contributed by atoms with E-state index in [1.165, 1.54) is 37.0 Å². The van der Waals surface area contributed by atoms with Crippen LogP contribution in [0.25, 0.3) is 10.2 Å². The van der Waals surface area contributed by atoms with Crippen molar-refractivity contribution in [1.29, 1.82) is 0 Å². The normalized spacial score (nSPS) is 17.9. The zero-order valence-corrected chi connectivity index (χ0v) is 20.8. The third-order valence-corrected chi connectivity index (χ3v) is 7.99. The average Bonchev–Trinajstić information content (AvgIpc) is 3.40. The lowest BCUT2D eigenvalue weighted by Gasteiger charge is -2.35. The molecule has 0 spiro atoms. The van der Waals surface area contributed by atoms with E-state index in [1.807, 2.05) is 36.9 Å². The number of thiol groups is 1. The highest BCUT2D eigenvalue weighted by molar-refractivity contribution is 7.82. The van der Waals surface area contributed by atoms with Crippen molar-refractivity contribution < 1.29 is 9.59 Å². The number of aromatic nitrogens is 1. The third kappa shape index (κ3) is 5.57. The highest BCUT2D eigenvalue weighted by atomic mass is 32.2. The van der Waals surface area contributed by atoms with Crippen LogP contribution in [0.5, 0.6) is 0 Å². The first-order chi connectivity index (χ1) is 15.4. The standard InChI is InChI=1S/C24H34N4O2S2/c1-16(2)28(19-8-9-20-21(15-19)32-24(31)26-20)23(30)25-18-11-13-27(14-12-18)22(29)10-7-17-5-3-4-6-17/h8-9,15-18H,3-7,10-14H2,1-2H3,(H,25,30)(H,26,31). The number of fused-ring (bicyclic) bond motifs is 1. The molecule has 0 atom stereocenters. The number of thiazole rings is 1. The zero-order chi connectivity index (χ0) is 22.7. The van der Waals surface area contributed by atoms with E-state index >= 15 is 0 Å². The molecule has 0 bridgehead atoms. The maximum atomic E-state index is 13.2. The molecule has 0 radical (unpaired) electrons. The molecule has 8 heteroatoms. The lowest BCUT2D eigenvalue weighted by atomic mass is 10.00. The smallest absolute Gasteiger partial charge is 0.322 e. The van der Waals surface area contributed by atoms with E-state index in [4.69, 9.17) is 0 Å². The van der Waals surface area contributed by atoms with Crippen LogP contribution in [0.2, 0.25) is 0 Å². The first-order valence-corrected chi connectivity index (χ1v) is 13.1. The van der Waals surface area contributed by atoms with E-state index in [2.05, 4.69) is 22.9 Å². The third-order valence-electron chi connectivity index (χ3n) is 6.79. The Bertz CT molecular complexity index is 947. The molecule has 32 heavy (non-hydrogen) atoms. The van der Waals surface area contributed by atoms with Crippen molar-refractivity contribution in [1.82, 2.24) is 15.2 Å². The Morgan fingerprint density at radius 3 is 2.62 bits per heavy atom. The van der Waals surface area contributed by atoms with Crippen molar-refractivity contribution in [2.75, 3.05) is 18.0 Å². The van der Waals surface area contributed by atoms with Gasteiger partial charge in [0.15, 0.2) is 0 Å². The SMILES string of the molecule is CC(C)N(C(=O)NC1CCN(C(=O)CCC2CCCC2)CC1)c1ccc2nc(S)sc2c1. The molecule has 1 saturated carbocycles. The predicted molar refractivity (Wildman–Crippen MR) is 134 cm³/mol. The maximum Gasteiger partial charge on any atom is 0.322 e. The summed E-state index contributed by atoms with van der Waals surface area (Å²) < 4.78 is 1.75. The molecule has 1 aliphatic carbocycles. The molecule has 1 saturated heterocycles. The van der Waals surface area contributed by atoms with Crippen LogP contribution < -0.4 is 10.2 Å². The van der Waals surface area contributed by atoms with Crippen molar-refractivity contribution in [3.05, 3.63) is 18.2 Å². The summed E-state index contributed by atoms with van der Waals surface area (Å²) >= 11 is 5.86. The summed E-state index contributed by atoms with van der Waals surface area (Å²) in [5.41, 5.74) is 1.76. The second-order valence-electron chi connectivity index (χ2n) is 9.41. The average molecular weight is 475 g/mol. The summed E-state index contributed by atoms with van der Waals surface area (Å²) in [6.07, 6.45) is 8.57. The van der Waals surface area contributed by atoms with Gasteiger partial charge in [-0.1, -0.05) is 25.7 Å². The van der Waals surface area contributed by atoms with Gasteiger partial charge in [-0.3, -0.25) is 9.69 Å². The van der Waals surface area contributed by atoms with Gasteiger partial charge in [0.2, 0.25) is 5.91 Å². The molecule has 1 aliphatic heterocycles. The number of piperidine rings is 1. The van der Waals surface area contributed by atoms with Crippen LogP contribution in [-0.4, -0.2) is 47.0 Å². The number of rotatable bonds is 6. The summed E-state index contributed by atoms with van der Waals surface area (Å²) in [4.78, 5) is 33.9. The van der Waals surface area contributed by atoms with Crippen LogP contribution >= 0.6 is 24.0 Å². The summed E-state index contributed by atoms with van der Waals surface area (Å²) in [5.74, 6) is 1.04. The highest BCUT2D eigenvalue weighted by Gasteiger charge is 2.27. The van der Waals surface area contributed by atoms with Gasteiger partial charge in [0.05, 0.1) is 10.2 Å².